The molecule has 0 aliphatic heterocycles. The van der Waals surface area contributed by atoms with Gasteiger partial charge in [-0.2, -0.15) is 0 Å². The highest BCUT2D eigenvalue weighted by molar-refractivity contribution is 5.40. The molecule has 2 rings (SSSR count). The molecule has 19 heavy (non-hydrogen) atoms. The first-order valence-electron chi connectivity index (χ1n) is 7.54. The van der Waals surface area contributed by atoms with Crippen molar-refractivity contribution in [2.45, 2.75) is 52.6 Å². The zero-order valence-electron chi connectivity index (χ0n) is 13.1. The maximum atomic E-state index is 3.67. The third kappa shape index (κ3) is 3.58. The molecule has 1 unspecified atom stereocenters. The number of likely N-dealkylation sites (N-methyl/N-ethyl adjacent to an activating group) is 2. The van der Waals surface area contributed by atoms with Crippen LogP contribution in [0.4, 0.5) is 0 Å². The number of aryl methyl sites for hydroxylation is 3. The predicted molar refractivity (Wildman–Crippen MR) is 82.7 cm³/mol. The summed E-state index contributed by atoms with van der Waals surface area (Å²) in [5.74, 6) is 0. The third-order valence-corrected chi connectivity index (χ3v) is 4.18. The lowest BCUT2D eigenvalue weighted by Gasteiger charge is -2.28. The molecule has 0 heterocycles. The van der Waals surface area contributed by atoms with Gasteiger partial charge in [0, 0.05) is 18.6 Å². The van der Waals surface area contributed by atoms with Gasteiger partial charge in [0.1, 0.15) is 0 Å². The maximum absolute atomic E-state index is 3.67. The number of nitrogens with zero attached hydrogens (tertiary/aromatic N) is 1. The van der Waals surface area contributed by atoms with Gasteiger partial charge in [0.25, 0.3) is 0 Å². The first-order valence-corrected chi connectivity index (χ1v) is 7.54. The number of rotatable bonds is 6. The molecule has 2 nitrogen and oxygen atoms in total. The van der Waals surface area contributed by atoms with Crippen molar-refractivity contribution >= 4 is 0 Å². The molecule has 1 aliphatic carbocycles. The highest BCUT2D eigenvalue weighted by Crippen LogP contribution is 2.29. The molecule has 1 aliphatic rings. The van der Waals surface area contributed by atoms with Crippen LogP contribution in [0.25, 0.3) is 0 Å². The van der Waals surface area contributed by atoms with Gasteiger partial charge in [-0.15, -0.1) is 0 Å². The SMILES string of the molecule is CCNC(CN(C)C1CC1)c1c(C)cc(C)cc1C. The molecule has 0 bridgehead atoms. The fourth-order valence-corrected chi connectivity index (χ4v) is 3.20. The van der Waals surface area contributed by atoms with Crippen LogP contribution in [-0.2, 0) is 0 Å². The normalized spacial score (nSPS) is 16.9. The van der Waals surface area contributed by atoms with Gasteiger partial charge < -0.3 is 10.2 Å². The fourth-order valence-electron chi connectivity index (χ4n) is 3.20. The van der Waals surface area contributed by atoms with Crippen molar-refractivity contribution in [1.82, 2.24) is 10.2 Å². The molecule has 1 saturated carbocycles. The molecule has 0 spiro atoms. The third-order valence-electron chi connectivity index (χ3n) is 4.18. The zero-order chi connectivity index (χ0) is 14.0. The maximum Gasteiger partial charge on any atom is 0.0454 e. The average Bonchev–Trinajstić information content (AvgIpc) is 3.11. The van der Waals surface area contributed by atoms with E-state index < -0.39 is 0 Å². The van der Waals surface area contributed by atoms with Gasteiger partial charge in [-0.25, -0.2) is 0 Å². The molecule has 1 fully saturated rings. The highest BCUT2D eigenvalue weighted by Gasteiger charge is 2.28. The number of hydrogen-bond acceptors (Lipinski definition) is 2. The van der Waals surface area contributed by atoms with Gasteiger partial charge in [-0.05, 0) is 63.9 Å². The summed E-state index contributed by atoms with van der Waals surface area (Å²) in [7, 11) is 2.26. The van der Waals surface area contributed by atoms with Crippen molar-refractivity contribution in [1.29, 1.82) is 0 Å². The molecule has 1 aromatic rings. The van der Waals surface area contributed by atoms with Gasteiger partial charge in [0.15, 0.2) is 0 Å². The summed E-state index contributed by atoms with van der Waals surface area (Å²) < 4.78 is 0. The lowest BCUT2D eigenvalue weighted by Crippen LogP contribution is -2.35. The largest absolute Gasteiger partial charge is 0.309 e. The Morgan fingerprint density at radius 1 is 1.21 bits per heavy atom. The van der Waals surface area contributed by atoms with E-state index in [2.05, 4.69) is 57.1 Å². The van der Waals surface area contributed by atoms with E-state index in [1.54, 1.807) is 0 Å². The smallest absolute Gasteiger partial charge is 0.0454 e. The van der Waals surface area contributed by atoms with E-state index in [1.165, 1.54) is 35.1 Å². The van der Waals surface area contributed by atoms with Gasteiger partial charge in [0.2, 0.25) is 0 Å². The lowest BCUT2D eigenvalue weighted by atomic mass is 9.93. The quantitative estimate of drug-likeness (QED) is 0.844. The Kier molecular flexibility index (Phi) is 4.64. The standard InChI is InChI=1S/C17H28N2/c1-6-18-16(11-19(5)15-7-8-15)17-13(3)9-12(2)10-14(17)4/h9-10,15-16,18H,6-8,11H2,1-5H3. The van der Waals surface area contributed by atoms with Gasteiger partial charge in [-0.1, -0.05) is 24.6 Å². The number of hydrogen-bond donors (Lipinski definition) is 1. The van der Waals surface area contributed by atoms with E-state index >= 15 is 0 Å². The summed E-state index contributed by atoms with van der Waals surface area (Å²) in [6.45, 7) is 11.0. The van der Waals surface area contributed by atoms with E-state index in [9.17, 15) is 0 Å². The van der Waals surface area contributed by atoms with Crippen LogP contribution >= 0.6 is 0 Å². The van der Waals surface area contributed by atoms with E-state index in [-0.39, 0.29) is 0 Å². The first kappa shape index (κ1) is 14.5. The van der Waals surface area contributed by atoms with Crippen LogP contribution in [0.5, 0.6) is 0 Å². The Labute approximate surface area is 118 Å². The predicted octanol–water partition coefficient (Wildman–Crippen LogP) is 3.36. The monoisotopic (exact) mass is 260 g/mol. The number of benzene rings is 1. The molecule has 2 heteroatoms. The van der Waals surface area contributed by atoms with E-state index in [4.69, 9.17) is 0 Å². The second-order valence-corrected chi connectivity index (χ2v) is 6.09. The molecular weight excluding hydrogens is 232 g/mol. The van der Waals surface area contributed by atoms with Crippen LogP contribution in [0.1, 0.15) is 48.1 Å². The van der Waals surface area contributed by atoms with Crippen molar-refractivity contribution < 1.29 is 0 Å². The van der Waals surface area contributed by atoms with Crippen LogP contribution in [0, 0.1) is 20.8 Å². The number of nitrogens with one attached hydrogen (secondary N) is 1. The summed E-state index contributed by atoms with van der Waals surface area (Å²) in [6.07, 6.45) is 2.75. The van der Waals surface area contributed by atoms with E-state index in [1.807, 2.05) is 0 Å². The molecule has 0 radical (unpaired) electrons. The summed E-state index contributed by atoms with van der Waals surface area (Å²) in [5, 5.41) is 3.67. The fraction of sp³-hybridized carbons (Fsp3) is 0.647. The van der Waals surface area contributed by atoms with Crippen molar-refractivity contribution in [2.24, 2.45) is 0 Å². The van der Waals surface area contributed by atoms with Gasteiger partial charge in [-0.3, -0.25) is 0 Å². The summed E-state index contributed by atoms with van der Waals surface area (Å²) in [5.41, 5.74) is 5.71. The molecular formula is C17H28N2. The van der Waals surface area contributed by atoms with E-state index in [0.717, 1.165) is 19.1 Å². The van der Waals surface area contributed by atoms with Crippen molar-refractivity contribution in [3.05, 3.63) is 34.4 Å². The van der Waals surface area contributed by atoms with Crippen LogP contribution < -0.4 is 5.32 Å². The Balaban J connectivity index is 2.22. The van der Waals surface area contributed by atoms with E-state index in [0.29, 0.717) is 6.04 Å². The molecule has 106 valence electrons. The van der Waals surface area contributed by atoms with Gasteiger partial charge >= 0.3 is 0 Å². The molecule has 1 aromatic carbocycles. The molecule has 1 N–H and O–H groups in total. The van der Waals surface area contributed by atoms with Crippen LogP contribution in [0.2, 0.25) is 0 Å². The lowest BCUT2D eigenvalue weighted by molar-refractivity contribution is 0.282. The van der Waals surface area contributed by atoms with Crippen LogP contribution in [0.15, 0.2) is 12.1 Å². The Hall–Kier alpha value is -0.860. The summed E-state index contributed by atoms with van der Waals surface area (Å²) >= 11 is 0. The zero-order valence-corrected chi connectivity index (χ0v) is 13.1. The molecule has 0 aromatic heterocycles. The topological polar surface area (TPSA) is 15.3 Å². The molecule has 0 amide bonds. The molecule has 0 saturated heterocycles. The van der Waals surface area contributed by atoms with Crippen LogP contribution in [0.3, 0.4) is 0 Å². The minimum Gasteiger partial charge on any atom is -0.309 e. The Morgan fingerprint density at radius 2 is 1.79 bits per heavy atom. The highest BCUT2D eigenvalue weighted by atomic mass is 15.2. The average molecular weight is 260 g/mol. The van der Waals surface area contributed by atoms with Crippen molar-refractivity contribution in [2.75, 3.05) is 20.1 Å². The van der Waals surface area contributed by atoms with Gasteiger partial charge in [0.05, 0.1) is 0 Å². The summed E-state index contributed by atoms with van der Waals surface area (Å²) in [6, 6.07) is 5.90. The van der Waals surface area contributed by atoms with Crippen molar-refractivity contribution in [3.63, 3.8) is 0 Å². The molecule has 1 atom stereocenters. The second kappa shape index (κ2) is 6.06. The summed E-state index contributed by atoms with van der Waals surface area (Å²) in [4.78, 5) is 2.52. The minimum absolute atomic E-state index is 0.455. The van der Waals surface area contributed by atoms with Crippen LogP contribution in [-0.4, -0.2) is 31.1 Å². The first-order chi connectivity index (χ1) is 9.02. The Morgan fingerprint density at radius 3 is 2.26 bits per heavy atom. The Bertz CT molecular complexity index is 412. The minimum atomic E-state index is 0.455. The second-order valence-electron chi connectivity index (χ2n) is 6.09. The van der Waals surface area contributed by atoms with Crippen molar-refractivity contribution in [3.8, 4) is 0 Å².